The van der Waals surface area contributed by atoms with Crippen LogP contribution >= 0.6 is 31.9 Å². The lowest BCUT2D eigenvalue weighted by Crippen LogP contribution is -2.25. The molecule has 2 heterocycles. The molecule has 40 heavy (non-hydrogen) atoms. The molecule has 206 valence electrons. The van der Waals surface area contributed by atoms with Crippen LogP contribution in [0.3, 0.4) is 0 Å². The fourth-order valence-electron chi connectivity index (χ4n) is 5.14. The van der Waals surface area contributed by atoms with Gasteiger partial charge in [0.1, 0.15) is 12.4 Å². The van der Waals surface area contributed by atoms with E-state index in [1.54, 1.807) is 19.4 Å². The zero-order chi connectivity index (χ0) is 27.6. The smallest absolute Gasteiger partial charge is 0.282 e. The van der Waals surface area contributed by atoms with E-state index >= 15 is 0 Å². The van der Waals surface area contributed by atoms with Gasteiger partial charge >= 0.3 is 0 Å². The van der Waals surface area contributed by atoms with Crippen LogP contribution in [0.4, 0.5) is 0 Å². The quantitative estimate of drug-likeness (QED) is 0.194. The van der Waals surface area contributed by atoms with Crippen molar-refractivity contribution in [2.45, 2.75) is 44.6 Å². The van der Waals surface area contributed by atoms with Gasteiger partial charge in [-0.3, -0.25) is 4.79 Å². The molecule has 1 aliphatic carbocycles. The Morgan fingerprint density at radius 2 is 1.85 bits per heavy atom. The highest BCUT2D eigenvalue weighted by Gasteiger charge is 2.23. The second kappa shape index (κ2) is 11.6. The molecule has 6 rings (SSSR count). The molecule has 1 aliphatic heterocycles. The van der Waals surface area contributed by atoms with Crippen molar-refractivity contribution in [3.63, 3.8) is 0 Å². The summed E-state index contributed by atoms with van der Waals surface area (Å²) >= 11 is 7.12. The molecule has 1 fully saturated rings. The molecule has 0 unspecified atom stereocenters. The Labute approximate surface area is 248 Å². The third kappa shape index (κ3) is 5.47. The maximum absolute atomic E-state index is 13.6. The monoisotopic (exact) mass is 667 g/mol. The normalized spacial score (nSPS) is 15.2. The van der Waals surface area contributed by atoms with Crippen LogP contribution < -0.4 is 24.5 Å². The second-order valence-electron chi connectivity index (χ2n) is 9.83. The van der Waals surface area contributed by atoms with Crippen molar-refractivity contribution in [3.8, 4) is 23.0 Å². The van der Waals surface area contributed by atoms with E-state index in [-0.39, 0.29) is 18.3 Å². The van der Waals surface area contributed by atoms with Crippen LogP contribution in [0.2, 0.25) is 0 Å². The van der Waals surface area contributed by atoms with Crippen molar-refractivity contribution in [3.05, 3.63) is 84.8 Å². The lowest BCUT2D eigenvalue weighted by atomic mass is 9.88. The third-order valence-electron chi connectivity index (χ3n) is 7.23. The molecule has 0 spiro atoms. The largest absolute Gasteiger partial charge is 0.493 e. The van der Waals surface area contributed by atoms with Gasteiger partial charge in [-0.2, -0.15) is 9.78 Å². The first kappa shape index (κ1) is 26.8. The van der Waals surface area contributed by atoms with Crippen molar-refractivity contribution in [1.82, 2.24) is 9.66 Å². The summed E-state index contributed by atoms with van der Waals surface area (Å²) in [5.74, 6) is 3.46. The van der Waals surface area contributed by atoms with Gasteiger partial charge < -0.3 is 18.9 Å². The van der Waals surface area contributed by atoms with E-state index in [1.807, 2.05) is 42.5 Å². The van der Waals surface area contributed by atoms with Crippen LogP contribution in [0.1, 0.15) is 55.0 Å². The maximum atomic E-state index is 13.6. The molecule has 0 atom stereocenters. The molecular weight excluding hydrogens is 642 g/mol. The highest BCUT2D eigenvalue weighted by atomic mass is 79.9. The Hall–Kier alpha value is -3.37. The predicted octanol–water partition coefficient (Wildman–Crippen LogP) is 7.17. The Balaban J connectivity index is 1.31. The minimum Gasteiger partial charge on any atom is -0.493 e. The van der Waals surface area contributed by atoms with Crippen LogP contribution in [-0.2, 0) is 6.61 Å². The summed E-state index contributed by atoms with van der Waals surface area (Å²) in [5.41, 5.74) is 2.18. The predicted molar refractivity (Wildman–Crippen MR) is 160 cm³/mol. The van der Waals surface area contributed by atoms with Crippen molar-refractivity contribution >= 4 is 49.0 Å². The number of rotatable bonds is 7. The third-order valence-corrected chi connectivity index (χ3v) is 8.41. The minimum atomic E-state index is -0.185. The van der Waals surface area contributed by atoms with Crippen molar-refractivity contribution in [1.29, 1.82) is 0 Å². The van der Waals surface area contributed by atoms with Crippen molar-refractivity contribution < 1.29 is 18.9 Å². The molecule has 1 saturated carbocycles. The Morgan fingerprint density at radius 3 is 2.67 bits per heavy atom. The van der Waals surface area contributed by atoms with E-state index in [4.69, 9.17) is 23.9 Å². The first-order chi connectivity index (χ1) is 19.5. The summed E-state index contributed by atoms with van der Waals surface area (Å²) in [4.78, 5) is 18.5. The number of aromatic nitrogens is 2. The van der Waals surface area contributed by atoms with Crippen LogP contribution in [-0.4, -0.2) is 29.8 Å². The highest BCUT2D eigenvalue weighted by molar-refractivity contribution is 9.10. The van der Waals surface area contributed by atoms with Gasteiger partial charge in [0.15, 0.2) is 23.0 Å². The number of benzene rings is 3. The average Bonchev–Trinajstić information content (AvgIpc) is 3.45. The number of hydrogen-bond acceptors (Lipinski definition) is 7. The lowest BCUT2D eigenvalue weighted by molar-refractivity contribution is 0.174. The van der Waals surface area contributed by atoms with Gasteiger partial charge in [0.05, 0.1) is 24.2 Å². The number of nitrogens with zero attached hydrogens (tertiary/aromatic N) is 3. The highest BCUT2D eigenvalue weighted by Crippen LogP contribution is 2.36. The molecule has 8 nitrogen and oxygen atoms in total. The minimum absolute atomic E-state index is 0.185. The van der Waals surface area contributed by atoms with Crippen LogP contribution in [0, 0.1) is 0 Å². The number of halogens is 2. The van der Waals surface area contributed by atoms with Crippen molar-refractivity contribution in [2.75, 3.05) is 13.9 Å². The molecule has 0 amide bonds. The Bertz CT molecular complexity index is 1660. The number of methoxy groups -OCH3 is 1. The zero-order valence-electron chi connectivity index (χ0n) is 21.9. The fourth-order valence-corrected chi connectivity index (χ4v) is 5.92. The van der Waals surface area contributed by atoms with E-state index in [0.717, 1.165) is 51.5 Å². The molecular formula is C30H27Br2N3O5. The fraction of sp³-hybridized carbons (Fsp3) is 0.300. The van der Waals surface area contributed by atoms with E-state index in [2.05, 4.69) is 37.0 Å². The summed E-state index contributed by atoms with van der Waals surface area (Å²) in [6, 6.07) is 15.0. The van der Waals surface area contributed by atoms with Gasteiger partial charge in [-0.05, 0) is 76.8 Å². The topological polar surface area (TPSA) is 84.2 Å². The van der Waals surface area contributed by atoms with E-state index < -0.39 is 0 Å². The Morgan fingerprint density at radius 1 is 1.02 bits per heavy atom. The summed E-state index contributed by atoms with van der Waals surface area (Å²) in [6.45, 7) is 0.551. The summed E-state index contributed by atoms with van der Waals surface area (Å²) < 4.78 is 25.6. The molecule has 0 bridgehead atoms. The van der Waals surface area contributed by atoms with Gasteiger partial charge in [-0.15, -0.1) is 0 Å². The number of hydrogen-bond donors (Lipinski definition) is 0. The van der Waals surface area contributed by atoms with Gasteiger partial charge in [-0.1, -0.05) is 41.3 Å². The first-order valence-electron chi connectivity index (χ1n) is 13.2. The molecule has 2 aliphatic rings. The SMILES string of the molecule is COc1cc(C=Nn2c(C3CCCCC3)nc3ccc(Br)cc3c2=O)c(Br)cc1OCc1ccc2c(c1)OCO2. The van der Waals surface area contributed by atoms with Gasteiger partial charge in [-0.25, -0.2) is 4.98 Å². The summed E-state index contributed by atoms with van der Waals surface area (Å²) in [6.07, 6.45) is 7.11. The number of fused-ring (bicyclic) bond motifs is 2. The maximum Gasteiger partial charge on any atom is 0.282 e. The van der Waals surface area contributed by atoms with Crippen LogP contribution in [0.5, 0.6) is 23.0 Å². The molecule has 0 N–H and O–H groups in total. The van der Waals surface area contributed by atoms with Crippen LogP contribution in [0.15, 0.2) is 67.4 Å². The van der Waals surface area contributed by atoms with Crippen LogP contribution in [0.25, 0.3) is 10.9 Å². The van der Waals surface area contributed by atoms with Gasteiger partial charge in [0.25, 0.3) is 5.56 Å². The lowest BCUT2D eigenvalue weighted by Gasteiger charge is -2.22. The molecule has 10 heteroatoms. The van der Waals surface area contributed by atoms with Gasteiger partial charge in [0, 0.05) is 20.4 Å². The van der Waals surface area contributed by atoms with Crippen molar-refractivity contribution in [2.24, 2.45) is 5.10 Å². The number of ether oxygens (including phenoxy) is 4. The second-order valence-corrected chi connectivity index (χ2v) is 11.6. The average molecular weight is 669 g/mol. The molecule has 0 saturated heterocycles. The van der Waals surface area contributed by atoms with Gasteiger partial charge in [0.2, 0.25) is 6.79 Å². The zero-order valence-corrected chi connectivity index (χ0v) is 25.0. The molecule has 0 radical (unpaired) electrons. The first-order valence-corrected chi connectivity index (χ1v) is 14.7. The van der Waals surface area contributed by atoms with E-state index in [1.165, 1.54) is 11.1 Å². The standard InChI is InChI=1S/C30H27Br2N3O5/c1-37-26-12-20(23(32)14-28(26)38-16-18-7-10-25-27(11-18)40-17-39-25)15-33-35-29(19-5-3-2-4-6-19)34-24-9-8-21(31)13-22(24)30(35)36/h7-15,19H,2-6,16-17H2,1H3. The molecule has 1 aromatic heterocycles. The Kier molecular flexibility index (Phi) is 7.80. The summed E-state index contributed by atoms with van der Waals surface area (Å²) in [5, 5.41) is 5.20. The molecule has 3 aromatic carbocycles. The summed E-state index contributed by atoms with van der Waals surface area (Å²) in [7, 11) is 1.59. The van der Waals surface area contributed by atoms with E-state index in [0.29, 0.717) is 40.6 Å². The molecule has 4 aromatic rings. The van der Waals surface area contributed by atoms with E-state index in [9.17, 15) is 4.79 Å².